The van der Waals surface area contributed by atoms with Crippen LogP contribution in [0.1, 0.15) is 25.7 Å². The van der Waals surface area contributed by atoms with Gasteiger partial charge in [-0.3, -0.25) is 9.59 Å². The van der Waals surface area contributed by atoms with Crippen molar-refractivity contribution in [1.82, 2.24) is 4.90 Å². The van der Waals surface area contributed by atoms with Crippen LogP contribution in [0.25, 0.3) is 0 Å². The summed E-state index contributed by atoms with van der Waals surface area (Å²) in [5.74, 6) is -0.965. The number of carbonyl (C=O) groups is 2. The lowest BCUT2D eigenvalue weighted by atomic mass is 9.93. The minimum absolute atomic E-state index is 0.135. The second-order valence-corrected chi connectivity index (χ2v) is 3.85. The molecule has 2 fully saturated rings. The van der Waals surface area contributed by atoms with Gasteiger partial charge in [-0.15, -0.1) is 0 Å². The molecule has 0 aromatic rings. The standard InChI is InChI=1S/C9H13NO3/c11-8-4-3-7-2-1-6(9(12)13)5-10(7)8/h6-7H,1-5H2,(H,12,13)/t6?,7-/m0/s1. The largest absolute Gasteiger partial charge is 0.481 e. The van der Waals surface area contributed by atoms with Gasteiger partial charge in [0.15, 0.2) is 0 Å². The molecule has 2 aliphatic rings. The van der Waals surface area contributed by atoms with Crippen molar-refractivity contribution < 1.29 is 14.7 Å². The summed E-state index contributed by atoms with van der Waals surface area (Å²) in [5, 5.41) is 8.81. The third-order valence-corrected chi connectivity index (χ3v) is 3.07. The third-order valence-electron chi connectivity index (χ3n) is 3.07. The van der Waals surface area contributed by atoms with Gasteiger partial charge in [-0.05, 0) is 19.3 Å². The van der Waals surface area contributed by atoms with Gasteiger partial charge in [-0.1, -0.05) is 0 Å². The number of hydrogen-bond acceptors (Lipinski definition) is 2. The number of carboxylic acids is 1. The van der Waals surface area contributed by atoms with Gasteiger partial charge in [0.05, 0.1) is 5.92 Å². The molecule has 4 heteroatoms. The van der Waals surface area contributed by atoms with Gasteiger partial charge in [-0.2, -0.15) is 0 Å². The van der Waals surface area contributed by atoms with Gasteiger partial charge >= 0.3 is 5.97 Å². The summed E-state index contributed by atoms with van der Waals surface area (Å²) in [7, 11) is 0. The highest BCUT2D eigenvalue weighted by molar-refractivity contribution is 5.80. The highest BCUT2D eigenvalue weighted by Crippen LogP contribution is 2.30. The molecule has 0 aromatic heterocycles. The Morgan fingerprint density at radius 2 is 2.15 bits per heavy atom. The van der Waals surface area contributed by atoms with Crippen molar-refractivity contribution in [2.45, 2.75) is 31.7 Å². The van der Waals surface area contributed by atoms with Gasteiger partial charge in [-0.25, -0.2) is 0 Å². The Hall–Kier alpha value is -1.06. The van der Waals surface area contributed by atoms with E-state index in [1.807, 2.05) is 0 Å². The van der Waals surface area contributed by atoms with Crippen molar-refractivity contribution >= 4 is 11.9 Å². The number of hydrogen-bond donors (Lipinski definition) is 1. The Bertz CT molecular complexity index is 251. The SMILES string of the molecule is O=C(O)C1CC[C@H]2CCC(=O)N2C1. The van der Waals surface area contributed by atoms with Crippen LogP contribution in [0.15, 0.2) is 0 Å². The zero-order chi connectivity index (χ0) is 9.42. The highest BCUT2D eigenvalue weighted by Gasteiger charge is 2.38. The number of rotatable bonds is 1. The number of carboxylic acid groups (broad SMARTS) is 1. The molecular weight excluding hydrogens is 170 g/mol. The molecular formula is C9H13NO3. The van der Waals surface area contributed by atoms with Gasteiger partial charge < -0.3 is 10.0 Å². The van der Waals surface area contributed by atoms with E-state index in [-0.39, 0.29) is 11.8 Å². The van der Waals surface area contributed by atoms with Crippen molar-refractivity contribution in [3.8, 4) is 0 Å². The summed E-state index contributed by atoms with van der Waals surface area (Å²) in [4.78, 5) is 23.8. The molecule has 1 unspecified atom stereocenters. The van der Waals surface area contributed by atoms with Crippen LogP contribution in [0.3, 0.4) is 0 Å². The highest BCUT2D eigenvalue weighted by atomic mass is 16.4. The Balaban J connectivity index is 2.05. The molecule has 2 saturated heterocycles. The second-order valence-electron chi connectivity index (χ2n) is 3.85. The van der Waals surface area contributed by atoms with E-state index >= 15 is 0 Å². The van der Waals surface area contributed by atoms with E-state index < -0.39 is 5.97 Å². The van der Waals surface area contributed by atoms with E-state index in [1.165, 1.54) is 0 Å². The van der Waals surface area contributed by atoms with Gasteiger partial charge in [0.25, 0.3) is 0 Å². The molecule has 2 aliphatic heterocycles. The summed E-state index contributed by atoms with van der Waals surface area (Å²) < 4.78 is 0. The van der Waals surface area contributed by atoms with Crippen LogP contribution in [0.5, 0.6) is 0 Å². The lowest BCUT2D eigenvalue weighted by molar-refractivity contribution is -0.145. The first-order valence-electron chi connectivity index (χ1n) is 4.71. The van der Waals surface area contributed by atoms with Crippen LogP contribution in [-0.4, -0.2) is 34.5 Å². The van der Waals surface area contributed by atoms with E-state index in [2.05, 4.69) is 0 Å². The van der Waals surface area contributed by atoms with Crippen LogP contribution in [0.4, 0.5) is 0 Å². The smallest absolute Gasteiger partial charge is 0.308 e. The average Bonchev–Trinajstić information content (AvgIpc) is 2.47. The molecule has 13 heavy (non-hydrogen) atoms. The molecule has 0 aromatic carbocycles. The van der Waals surface area contributed by atoms with Crippen LogP contribution < -0.4 is 0 Å². The normalized spacial score (nSPS) is 33.2. The van der Waals surface area contributed by atoms with E-state index in [4.69, 9.17) is 5.11 Å². The summed E-state index contributed by atoms with van der Waals surface area (Å²) in [6, 6.07) is 0.336. The van der Waals surface area contributed by atoms with E-state index in [9.17, 15) is 9.59 Å². The number of nitrogens with zero attached hydrogens (tertiary/aromatic N) is 1. The van der Waals surface area contributed by atoms with Crippen LogP contribution in [0, 0.1) is 5.92 Å². The summed E-state index contributed by atoms with van der Waals surface area (Å²) in [6.07, 6.45) is 3.12. The van der Waals surface area contributed by atoms with Crippen LogP contribution in [-0.2, 0) is 9.59 Å². The van der Waals surface area contributed by atoms with Crippen LogP contribution >= 0.6 is 0 Å². The number of carbonyl (C=O) groups excluding carboxylic acids is 1. The van der Waals surface area contributed by atoms with Gasteiger partial charge in [0.1, 0.15) is 0 Å². The molecule has 72 valence electrons. The maximum atomic E-state index is 11.3. The summed E-state index contributed by atoms with van der Waals surface area (Å²) >= 11 is 0. The fourth-order valence-corrected chi connectivity index (χ4v) is 2.27. The first-order valence-corrected chi connectivity index (χ1v) is 4.71. The topological polar surface area (TPSA) is 57.6 Å². The minimum Gasteiger partial charge on any atom is -0.481 e. The fraction of sp³-hybridized carbons (Fsp3) is 0.778. The number of fused-ring (bicyclic) bond motifs is 1. The monoisotopic (exact) mass is 183 g/mol. The molecule has 4 nitrogen and oxygen atoms in total. The van der Waals surface area contributed by atoms with Crippen molar-refractivity contribution in [2.24, 2.45) is 5.92 Å². The van der Waals surface area contributed by atoms with E-state index in [0.29, 0.717) is 19.0 Å². The molecule has 1 amide bonds. The zero-order valence-electron chi connectivity index (χ0n) is 7.40. The quantitative estimate of drug-likeness (QED) is 0.643. The predicted octanol–water partition coefficient (Wildman–Crippen LogP) is 0.472. The first-order chi connectivity index (χ1) is 6.18. The Morgan fingerprint density at radius 3 is 2.85 bits per heavy atom. The maximum Gasteiger partial charge on any atom is 0.308 e. The third kappa shape index (κ3) is 1.41. The molecule has 2 atom stereocenters. The Kier molecular flexibility index (Phi) is 1.98. The number of amides is 1. The molecule has 1 N–H and O–H groups in total. The summed E-state index contributed by atoms with van der Waals surface area (Å²) in [5.41, 5.74) is 0. The molecule has 2 heterocycles. The van der Waals surface area contributed by atoms with Crippen LogP contribution in [0.2, 0.25) is 0 Å². The Morgan fingerprint density at radius 1 is 1.38 bits per heavy atom. The minimum atomic E-state index is -0.766. The van der Waals surface area contributed by atoms with Crippen molar-refractivity contribution in [2.75, 3.05) is 6.54 Å². The molecule has 0 radical (unpaired) electrons. The zero-order valence-corrected chi connectivity index (χ0v) is 7.40. The predicted molar refractivity (Wildman–Crippen MR) is 45.1 cm³/mol. The average molecular weight is 183 g/mol. The second kappa shape index (κ2) is 3.01. The summed E-state index contributed by atoms with van der Waals surface area (Å²) in [6.45, 7) is 0.429. The van der Waals surface area contributed by atoms with Gasteiger partial charge in [0.2, 0.25) is 5.91 Å². The Labute approximate surface area is 76.5 Å². The van der Waals surface area contributed by atoms with E-state index in [1.54, 1.807) is 4.90 Å². The number of aliphatic carboxylic acids is 1. The fourth-order valence-electron chi connectivity index (χ4n) is 2.27. The molecule has 0 spiro atoms. The molecule has 0 bridgehead atoms. The maximum absolute atomic E-state index is 11.3. The lowest BCUT2D eigenvalue weighted by Gasteiger charge is -2.33. The van der Waals surface area contributed by atoms with Crippen molar-refractivity contribution in [3.63, 3.8) is 0 Å². The first kappa shape index (κ1) is 8.53. The molecule has 2 rings (SSSR count). The van der Waals surface area contributed by atoms with Crippen molar-refractivity contribution in [3.05, 3.63) is 0 Å². The molecule has 0 aliphatic carbocycles. The molecule has 0 saturated carbocycles. The van der Waals surface area contributed by atoms with Gasteiger partial charge in [0, 0.05) is 19.0 Å². The van der Waals surface area contributed by atoms with E-state index in [0.717, 1.165) is 19.3 Å². The number of piperidine rings is 1. The lowest BCUT2D eigenvalue weighted by Crippen LogP contribution is -2.43. The van der Waals surface area contributed by atoms with Crippen molar-refractivity contribution in [1.29, 1.82) is 0 Å².